The van der Waals surface area contributed by atoms with Crippen molar-refractivity contribution in [2.45, 2.75) is 12.6 Å². The Morgan fingerprint density at radius 2 is 2.00 bits per heavy atom. The first-order chi connectivity index (χ1) is 7.80. The predicted molar refractivity (Wildman–Crippen MR) is 60.8 cm³/mol. The summed E-state index contributed by atoms with van der Waals surface area (Å²) in [5.74, 6) is 0. The molecular formula is C11H14F3N3. The third-order valence-corrected chi connectivity index (χ3v) is 2.48. The van der Waals surface area contributed by atoms with Gasteiger partial charge in [-0.1, -0.05) is 6.08 Å². The second kappa shape index (κ2) is 5.27. The Bertz CT molecular complexity index is 380. The molecule has 0 aromatic carbocycles. The molecule has 1 rings (SSSR count). The Balaban J connectivity index is 2.61. The van der Waals surface area contributed by atoms with E-state index in [0.29, 0.717) is 19.0 Å². The molecule has 0 aliphatic carbocycles. The highest BCUT2D eigenvalue weighted by Gasteiger charge is 2.32. The van der Waals surface area contributed by atoms with Gasteiger partial charge >= 0.3 is 6.18 Å². The number of hydrogen-bond donors (Lipinski definition) is 2. The van der Waals surface area contributed by atoms with Crippen LogP contribution in [0.4, 0.5) is 13.2 Å². The highest BCUT2D eigenvalue weighted by Crippen LogP contribution is 2.17. The monoisotopic (exact) mass is 245 g/mol. The smallest absolute Gasteiger partial charge is 0.302 e. The molecule has 0 aromatic rings. The van der Waals surface area contributed by atoms with Gasteiger partial charge in [0.2, 0.25) is 0 Å². The quantitative estimate of drug-likeness (QED) is 0.737. The maximum Gasteiger partial charge on any atom is 0.432 e. The van der Waals surface area contributed by atoms with E-state index in [-0.39, 0.29) is 5.71 Å². The summed E-state index contributed by atoms with van der Waals surface area (Å²) in [6, 6.07) is 0. The van der Waals surface area contributed by atoms with E-state index >= 15 is 0 Å². The third-order valence-electron chi connectivity index (χ3n) is 2.48. The first-order valence-electron chi connectivity index (χ1n) is 5.11. The van der Waals surface area contributed by atoms with E-state index in [4.69, 9.17) is 10.8 Å². The van der Waals surface area contributed by atoms with Crippen LogP contribution in [-0.2, 0) is 0 Å². The number of hydrogen-bond acceptors (Lipinski definition) is 3. The summed E-state index contributed by atoms with van der Waals surface area (Å²) < 4.78 is 36.1. The molecule has 0 saturated heterocycles. The summed E-state index contributed by atoms with van der Waals surface area (Å²) in [5, 5.41) is 14.4. The first-order valence-corrected chi connectivity index (χ1v) is 5.11. The van der Waals surface area contributed by atoms with Crippen LogP contribution in [-0.4, -0.2) is 42.6 Å². The molecule has 6 heteroatoms. The topological polar surface area (TPSA) is 50.9 Å². The molecule has 1 aliphatic rings. The largest absolute Gasteiger partial charge is 0.432 e. The van der Waals surface area contributed by atoms with Crippen molar-refractivity contribution in [1.29, 1.82) is 10.8 Å². The Kier molecular flexibility index (Phi) is 4.22. The van der Waals surface area contributed by atoms with Gasteiger partial charge in [-0.2, -0.15) is 13.2 Å². The van der Waals surface area contributed by atoms with Crippen molar-refractivity contribution in [1.82, 2.24) is 4.90 Å². The van der Waals surface area contributed by atoms with Crippen molar-refractivity contribution in [2.75, 3.05) is 20.1 Å². The lowest BCUT2D eigenvalue weighted by Crippen LogP contribution is -2.26. The van der Waals surface area contributed by atoms with Crippen molar-refractivity contribution < 1.29 is 13.2 Å². The number of halogens is 3. The van der Waals surface area contributed by atoms with Gasteiger partial charge in [0.15, 0.2) is 0 Å². The van der Waals surface area contributed by atoms with E-state index in [1.165, 1.54) is 0 Å². The fourth-order valence-corrected chi connectivity index (χ4v) is 1.38. The molecule has 0 radical (unpaired) electrons. The number of likely N-dealkylation sites (N-methyl/N-ethyl adjacent to an activating group) is 1. The van der Waals surface area contributed by atoms with E-state index in [1.807, 2.05) is 13.1 Å². The second-order valence-corrected chi connectivity index (χ2v) is 3.90. The summed E-state index contributed by atoms with van der Waals surface area (Å²) in [7, 11) is 1.94. The van der Waals surface area contributed by atoms with Gasteiger partial charge in [-0.25, -0.2) is 0 Å². The summed E-state index contributed by atoms with van der Waals surface area (Å²) in [6.07, 6.45) is -0.501. The Morgan fingerprint density at radius 1 is 1.35 bits per heavy atom. The van der Waals surface area contributed by atoms with Gasteiger partial charge < -0.3 is 10.3 Å². The number of allylic oxidation sites excluding steroid dienone is 2. The number of nitrogens with one attached hydrogen (secondary N) is 2. The summed E-state index contributed by atoms with van der Waals surface area (Å²) in [5.41, 5.74) is -0.655. The molecule has 0 aromatic heterocycles. The van der Waals surface area contributed by atoms with Crippen LogP contribution in [0.5, 0.6) is 0 Å². The van der Waals surface area contributed by atoms with Crippen LogP contribution in [0.25, 0.3) is 0 Å². The molecule has 94 valence electrons. The van der Waals surface area contributed by atoms with Crippen LogP contribution in [0.2, 0.25) is 0 Å². The molecule has 0 atom stereocenters. The maximum atomic E-state index is 12.0. The average Bonchev–Trinajstić information content (AvgIpc) is 2.25. The van der Waals surface area contributed by atoms with Gasteiger partial charge in [0.1, 0.15) is 5.71 Å². The van der Waals surface area contributed by atoms with Crippen LogP contribution in [0.15, 0.2) is 23.8 Å². The normalized spacial score (nSPS) is 18.2. The Labute approximate surface area is 97.6 Å². The molecule has 3 nitrogen and oxygen atoms in total. The minimum atomic E-state index is -4.64. The predicted octanol–water partition coefficient (Wildman–Crippen LogP) is 2.41. The zero-order chi connectivity index (χ0) is 13.1. The molecule has 1 heterocycles. The first kappa shape index (κ1) is 13.6. The van der Waals surface area contributed by atoms with Crippen LogP contribution < -0.4 is 0 Å². The molecule has 0 bridgehead atoms. The average molecular weight is 245 g/mol. The summed E-state index contributed by atoms with van der Waals surface area (Å²) >= 11 is 0. The van der Waals surface area contributed by atoms with Crippen LogP contribution >= 0.6 is 0 Å². The van der Waals surface area contributed by atoms with Crippen molar-refractivity contribution in [3.8, 4) is 0 Å². The van der Waals surface area contributed by atoms with E-state index in [1.54, 1.807) is 0 Å². The van der Waals surface area contributed by atoms with E-state index in [2.05, 4.69) is 4.90 Å². The molecule has 0 amide bonds. The number of rotatable bonds is 3. The minimum Gasteiger partial charge on any atom is -0.302 e. The van der Waals surface area contributed by atoms with Gasteiger partial charge in [0.25, 0.3) is 0 Å². The van der Waals surface area contributed by atoms with Gasteiger partial charge in [-0.3, -0.25) is 5.41 Å². The molecule has 0 spiro atoms. The lowest BCUT2D eigenvalue weighted by atomic mass is 10.0. The Morgan fingerprint density at radius 3 is 2.47 bits per heavy atom. The highest BCUT2D eigenvalue weighted by molar-refractivity contribution is 6.10. The summed E-state index contributed by atoms with van der Waals surface area (Å²) in [6.45, 7) is 1.49. The van der Waals surface area contributed by atoms with Crippen LogP contribution in [0.3, 0.4) is 0 Å². The van der Waals surface area contributed by atoms with Crippen LogP contribution in [0.1, 0.15) is 6.42 Å². The van der Waals surface area contributed by atoms with Gasteiger partial charge in [0.05, 0.1) is 5.71 Å². The molecule has 0 unspecified atom stereocenters. The molecule has 2 N–H and O–H groups in total. The summed E-state index contributed by atoms with van der Waals surface area (Å²) in [4.78, 5) is 2.05. The van der Waals surface area contributed by atoms with Crippen molar-refractivity contribution in [3.05, 3.63) is 23.8 Å². The fourth-order valence-electron chi connectivity index (χ4n) is 1.38. The zero-order valence-electron chi connectivity index (χ0n) is 9.43. The fraction of sp³-hybridized carbons (Fsp3) is 0.455. The van der Waals surface area contributed by atoms with Crippen molar-refractivity contribution in [2.24, 2.45) is 0 Å². The van der Waals surface area contributed by atoms with E-state index in [9.17, 15) is 13.2 Å². The van der Waals surface area contributed by atoms with Crippen LogP contribution in [0, 0.1) is 10.8 Å². The number of nitrogens with zero attached hydrogens (tertiary/aromatic N) is 1. The third kappa shape index (κ3) is 4.14. The van der Waals surface area contributed by atoms with Crippen molar-refractivity contribution >= 4 is 11.4 Å². The van der Waals surface area contributed by atoms with Gasteiger partial charge in [-0.15, -0.1) is 0 Å². The standard InChI is InChI=1S/C11H14F3N3/c1-17-6-4-8(5-7-17)9(15)2-3-10(16)11(12,13)14/h2-4,15-16H,5-7H2,1H3/b3-2-,15-9?,16-10?. The highest BCUT2D eigenvalue weighted by atomic mass is 19.4. The molecule has 1 aliphatic heterocycles. The number of alkyl halides is 3. The van der Waals surface area contributed by atoms with Gasteiger partial charge in [-0.05, 0) is 31.2 Å². The molecule has 0 fully saturated rings. The second-order valence-electron chi connectivity index (χ2n) is 3.90. The zero-order valence-corrected chi connectivity index (χ0v) is 9.43. The SMILES string of the molecule is CN1CC=C(C(=N)/C=C\C(=N)C(F)(F)F)CC1. The van der Waals surface area contributed by atoms with E-state index < -0.39 is 11.9 Å². The maximum absolute atomic E-state index is 12.0. The Hall–Kier alpha value is -1.43. The van der Waals surface area contributed by atoms with Gasteiger partial charge in [0, 0.05) is 13.1 Å². The molecule has 17 heavy (non-hydrogen) atoms. The minimum absolute atomic E-state index is 0.0482. The van der Waals surface area contributed by atoms with E-state index in [0.717, 1.165) is 18.2 Å². The lowest BCUT2D eigenvalue weighted by Gasteiger charge is -2.21. The van der Waals surface area contributed by atoms with Crippen molar-refractivity contribution in [3.63, 3.8) is 0 Å². The molecule has 0 saturated carbocycles. The lowest BCUT2D eigenvalue weighted by molar-refractivity contribution is -0.0583. The molecular weight excluding hydrogens is 231 g/mol.